The first-order chi connectivity index (χ1) is 9.34. The van der Waals surface area contributed by atoms with Gasteiger partial charge in [0.1, 0.15) is 5.75 Å². The van der Waals surface area contributed by atoms with E-state index in [2.05, 4.69) is 57.8 Å². The molecule has 3 nitrogen and oxygen atoms in total. The SMILES string of the molecule is CC(N(C)C(CN)c1ccc2c(c1)CCO2)C(C)(C)C. The number of fused-ring (bicyclic) bond motifs is 1. The molecule has 2 atom stereocenters. The van der Waals surface area contributed by atoms with Crippen LogP contribution in [0.2, 0.25) is 0 Å². The van der Waals surface area contributed by atoms with E-state index < -0.39 is 0 Å². The van der Waals surface area contributed by atoms with Gasteiger partial charge in [-0.15, -0.1) is 0 Å². The molecule has 0 fully saturated rings. The van der Waals surface area contributed by atoms with E-state index in [0.29, 0.717) is 12.6 Å². The number of likely N-dealkylation sites (N-methyl/N-ethyl adjacent to an activating group) is 1. The van der Waals surface area contributed by atoms with E-state index in [1.807, 2.05) is 0 Å². The van der Waals surface area contributed by atoms with Gasteiger partial charge in [-0.25, -0.2) is 0 Å². The van der Waals surface area contributed by atoms with Crippen molar-refractivity contribution in [2.45, 2.75) is 46.2 Å². The summed E-state index contributed by atoms with van der Waals surface area (Å²) in [4.78, 5) is 2.40. The highest BCUT2D eigenvalue weighted by Gasteiger charge is 2.29. The van der Waals surface area contributed by atoms with Crippen molar-refractivity contribution in [1.82, 2.24) is 4.90 Å². The maximum Gasteiger partial charge on any atom is 0.122 e. The minimum Gasteiger partial charge on any atom is -0.493 e. The highest BCUT2D eigenvalue weighted by Crippen LogP contribution is 2.33. The van der Waals surface area contributed by atoms with E-state index in [1.54, 1.807) is 0 Å². The zero-order chi connectivity index (χ0) is 14.9. The molecular formula is C17H28N2O. The Morgan fingerprint density at radius 2 is 2.05 bits per heavy atom. The third-order valence-corrected chi connectivity index (χ3v) is 4.68. The third kappa shape index (κ3) is 2.99. The van der Waals surface area contributed by atoms with Crippen molar-refractivity contribution in [3.63, 3.8) is 0 Å². The fourth-order valence-electron chi connectivity index (χ4n) is 2.83. The van der Waals surface area contributed by atoms with E-state index >= 15 is 0 Å². The van der Waals surface area contributed by atoms with Gasteiger partial charge in [-0.3, -0.25) is 4.90 Å². The van der Waals surface area contributed by atoms with Gasteiger partial charge < -0.3 is 10.5 Å². The van der Waals surface area contributed by atoms with E-state index in [-0.39, 0.29) is 11.5 Å². The van der Waals surface area contributed by atoms with Gasteiger partial charge in [-0.05, 0) is 36.6 Å². The smallest absolute Gasteiger partial charge is 0.122 e. The van der Waals surface area contributed by atoms with Crippen LogP contribution in [0.4, 0.5) is 0 Å². The van der Waals surface area contributed by atoms with E-state index in [9.17, 15) is 0 Å². The first-order valence-electron chi connectivity index (χ1n) is 7.52. The van der Waals surface area contributed by atoms with Gasteiger partial charge in [0.25, 0.3) is 0 Å². The number of rotatable bonds is 4. The summed E-state index contributed by atoms with van der Waals surface area (Å²) in [6.07, 6.45) is 1.01. The number of nitrogens with two attached hydrogens (primary N) is 1. The van der Waals surface area contributed by atoms with Crippen LogP contribution in [0.15, 0.2) is 18.2 Å². The molecule has 2 rings (SSSR count). The Bertz CT molecular complexity index is 465. The summed E-state index contributed by atoms with van der Waals surface area (Å²) in [5.41, 5.74) is 8.92. The average molecular weight is 276 g/mol. The largest absolute Gasteiger partial charge is 0.493 e. The maximum absolute atomic E-state index is 6.06. The Hall–Kier alpha value is -1.06. The van der Waals surface area contributed by atoms with Gasteiger partial charge in [0.2, 0.25) is 0 Å². The topological polar surface area (TPSA) is 38.5 Å². The minimum atomic E-state index is 0.238. The first kappa shape index (κ1) is 15.3. The van der Waals surface area contributed by atoms with Gasteiger partial charge >= 0.3 is 0 Å². The Kier molecular flexibility index (Phi) is 4.40. The zero-order valence-corrected chi connectivity index (χ0v) is 13.4. The summed E-state index contributed by atoms with van der Waals surface area (Å²) < 4.78 is 5.58. The lowest BCUT2D eigenvalue weighted by atomic mass is 9.85. The lowest BCUT2D eigenvalue weighted by molar-refractivity contribution is 0.100. The summed E-state index contributed by atoms with van der Waals surface area (Å²) in [6.45, 7) is 10.5. The number of benzene rings is 1. The molecule has 0 aliphatic carbocycles. The van der Waals surface area contributed by atoms with Crippen molar-refractivity contribution < 1.29 is 4.74 Å². The first-order valence-corrected chi connectivity index (χ1v) is 7.52. The van der Waals surface area contributed by atoms with Crippen LogP contribution in [0.25, 0.3) is 0 Å². The Morgan fingerprint density at radius 3 is 2.65 bits per heavy atom. The number of hydrogen-bond donors (Lipinski definition) is 1. The van der Waals surface area contributed by atoms with Crippen LogP contribution < -0.4 is 10.5 Å². The van der Waals surface area contributed by atoms with Crippen LogP contribution in [0.1, 0.15) is 44.9 Å². The molecule has 0 radical (unpaired) electrons. The molecule has 2 unspecified atom stereocenters. The van der Waals surface area contributed by atoms with Crippen molar-refractivity contribution in [2.24, 2.45) is 11.1 Å². The quantitative estimate of drug-likeness (QED) is 0.919. The van der Waals surface area contributed by atoms with Crippen LogP contribution in [0, 0.1) is 5.41 Å². The normalized spacial score (nSPS) is 17.8. The average Bonchev–Trinajstić information content (AvgIpc) is 2.84. The second-order valence-corrected chi connectivity index (χ2v) is 6.92. The lowest BCUT2D eigenvalue weighted by Gasteiger charge is -2.40. The van der Waals surface area contributed by atoms with Crippen molar-refractivity contribution in [3.05, 3.63) is 29.3 Å². The third-order valence-electron chi connectivity index (χ3n) is 4.68. The molecule has 112 valence electrons. The van der Waals surface area contributed by atoms with Gasteiger partial charge in [0.05, 0.1) is 6.61 Å². The predicted octanol–water partition coefficient (Wildman–Crippen LogP) is 2.99. The van der Waals surface area contributed by atoms with Crippen LogP contribution in [0.3, 0.4) is 0 Å². The molecule has 2 N–H and O–H groups in total. The Balaban J connectivity index is 2.24. The van der Waals surface area contributed by atoms with Gasteiger partial charge in [0, 0.05) is 25.0 Å². The summed E-state index contributed by atoms with van der Waals surface area (Å²) in [5.74, 6) is 1.04. The summed E-state index contributed by atoms with van der Waals surface area (Å²) >= 11 is 0. The summed E-state index contributed by atoms with van der Waals surface area (Å²) in [5, 5.41) is 0. The van der Waals surface area contributed by atoms with E-state index in [0.717, 1.165) is 18.8 Å². The minimum absolute atomic E-state index is 0.238. The van der Waals surface area contributed by atoms with Crippen molar-refractivity contribution in [3.8, 4) is 5.75 Å². The molecule has 1 heterocycles. The van der Waals surface area contributed by atoms with Crippen LogP contribution in [-0.2, 0) is 6.42 Å². The molecule has 0 saturated heterocycles. The highest BCUT2D eigenvalue weighted by molar-refractivity contribution is 5.41. The molecule has 1 aliphatic heterocycles. The highest BCUT2D eigenvalue weighted by atomic mass is 16.5. The molecule has 0 saturated carbocycles. The molecule has 20 heavy (non-hydrogen) atoms. The Labute approximate surface area is 123 Å². The lowest BCUT2D eigenvalue weighted by Crippen LogP contribution is -2.43. The van der Waals surface area contributed by atoms with E-state index in [1.165, 1.54) is 11.1 Å². The number of hydrogen-bond acceptors (Lipinski definition) is 3. The monoisotopic (exact) mass is 276 g/mol. The van der Waals surface area contributed by atoms with Gasteiger partial charge in [-0.1, -0.05) is 32.9 Å². The van der Waals surface area contributed by atoms with Gasteiger partial charge in [0.15, 0.2) is 0 Å². The molecule has 1 aromatic carbocycles. The van der Waals surface area contributed by atoms with Crippen LogP contribution in [-0.4, -0.2) is 31.1 Å². The van der Waals surface area contributed by atoms with Crippen molar-refractivity contribution >= 4 is 0 Å². The van der Waals surface area contributed by atoms with Crippen molar-refractivity contribution in [1.29, 1.82) is 0 Å². The second-order valence-electron chi connectivity index (χ2n) is 6.92. The fourth-order valence-corrected chi connectivity index (χ4v) is 2.83. The standard InChI is InChI=1S/C17H28N2O/c1-12(17(2,3)4)19(5)15(11-18)13-6-7-16-14(10-13)8-9-20-16/h6-7,10,12,15H,8-9,11,18H2,1-5H3. The molecule has 3 heteroatoms. The van der Waals surface area contributed by atoms with Crippen LogP contribution >= 0.6 is 0 Å². The second kappa shape index (κ2) is 5.74. The molecule has 0 spiro atoms. The molecule has 1 aliphatic rings. The Morgan fingerprint density at radius 1 is 1.35 bits per heavy atom. The summed E-state index contributed by atoms with van der Waals surface area (Å²) in [7, 11) is 2.18. The number of ether oxygens (including phenoxy) is 1. The van der Waals surface area contributed by atoms with Crippen LogP contribution in [0.5, 0.6) is 5.75 Å². The summed E-state index contributed by atoms with van der Waals surface area (Å²) in [6, 6.07) is 7.24. The maximum atomic E-state index is 6.06. The molecule has 0 amide bonds. The zero-order valence-electron chi connectivity index (χ0n) is 13.4. The van der Waals surface area contributed by atoms with E-state index in [4.69, 9.17) is 10.5 Å². The fraction of sp³-hybridized carbons (Fsp3) is 0.647. The number of nitrogens with zero attached hydrogens (tertiary/aromatic N) is 1. The molecule has 0 bridgehead atoms. The van der Waals surface area contributed by atoms with Crippen molar-refractivity contribution in [2.75, 3.05) is 20.2 Å². The molecular weight excluding hydrogens is 248 g/mol. The molecule has 0 aromatic heterocycles. The predicted molar refractivity (Wildman–Crippen MR) is 84.1 cm³/mol. The van der Waals surface area contributed by atoms with Gasteiger partial charge in [-0.2, -0.15) is 0 Å². The molecule has 1 aromatic rings.